The highest BCUT2D eigenvalue weighted by molar-refractivity contribution is 6.05. The van der Waals surface area contributed by atoms with Crippen molar-refractivity contribution in [1.29, 1.82) is 0 Å². The number of carbonyl (C=O) groups is 3. The Balaban J connectivity index is 2.08. The quantitative estimate of drug-likeness (QED) is 0.335. The number of hydrogen-bond acceptors (Lipinski definition) is 5. The lowest BCUT2D eigenvalue weighted by molar-refractivity contribution is -0.125. The largest absolute Gasteiger partial charge is 0.370 e. The van der Waals surface area contributed by atoms with Gasteiger partial charge in [0.1, 0.15) is 6.61 Å². The van der Waals surface area contributed by atoms with Gasteiger partial charge in [0, 0.05) is 6.54 Å². The molecular weight excluding hydrogens is 202 g/mol. The summed E-state index contributed by atoms with van der Waals surface area (Å²) in [4.78, 5) is 32.1. The van der Waals surface area contributed by atoms with Crippen molar-refractivity contribution in [3.8, 4) is 0 Å². The molecule has 1 saturated heterocycles. The van der Waals surface area contributed by atoms with E-state index in [0.717, 1.165) is 0 Å². The average molecular weight is 215 g/mol. The van der Waals surface area contributed by atoms with E-state index in [4.69, 9.17) is 10.5 Å². The third-order valence-corrected chi connectivity index (χ3v) is 1.85. The zero-order valence-electron chi connectivity index (χ0n) is 8.12. The van der Waals surface area contributed by atoms with Gasteiger partial charge < -0.3 is 15.8 Å². The van der Waals surface area contributed by atoms with E-state index >= 15 is 0 Å². The molecule has 0 aromatic rings. The normalized spacial score (nSPS) is 20.4. The fourth-order valence-corrected chi connectivity index (χ4v) is 1.20. The SMILES string of the molecule is NC(=O)COCCNC1CC(=O)NC1=O. The molecule has 7 nitrogen and oxygen atoms in total. The van der Waals surface area contributed by atoms with Gasteiger partial charge >= 0.3 is 0 Å². The van der Waals surface area contributed by atoms with Crippen molar-refractivity contribution < 1.29 is 19.1 Å². The van der Waals surface area contributed by atoms with Crippen LogP contribution < -0.4 is 16.4 Å². The van der Waals surface area contributed by atoms with E-state index in [9.17, 15) is 14.4 Å². The molecule has 1 heterocycles. The highest BCUT2D eigenvalue weighted by Gasteiger charge is 2.29. The molecule has 0 spiro atoms. The van der Waals surface area contributed by atoms with Crippen LogP contribution in [-0.4, -0.2) is 43.5 Å². The minimum Gasteiger partial charge on any atom is -0.370 e. The highest BCUT2D eigenvalue weighted by atomic mass is 16.5. The maximum absolute atomic E-state index is 11.0. The molecule has 15 heavy (non-hydrogen) atoms. The summed E-state index contributed by atoms with van der Waals surface area (Å²) in [6.45, 7) is 0.511. The van der Waals surface area contributed by atoms with Gasteiger partial charge in [-0.15, -0.1) is 0 Å². The standard InChI is InChI=1S/C8H13N3O4/c9-6(12)4-15-2-1-10-5-3-7(13)11-8(5)14/h5,10H,1-4H2,(H2,9,12)(H,11,13,14). The van der Waals surface area contributed by atoms with Crippen molar-refractivity contribution in [1.82, 2.24) is 10.6 Å². The van der Waals surface area contributed by atoms with Crippen LogP contribution in [0, 0.1) is 0 Å². The maximum Gasteiger partial charge on any atom is 0.244 e. The Morgan fingerprint density at radius 1 is 1.60 bits per heavy atom. The van der Waals surface area contributed by atoms with Crippen LogP contribution in [0.1, 0.15) is 6.42 Å². The van der Waals surface area contributed by atoms with E-state index in [1.807, 2.05) is 0 Å². The molecule has 1 aliphatic heterocycles. The minimum absolute atomic E-state index is 0.141. The van der Waals surface area contributed by atoms with Gasteiger partial charge in [-0.25, -0.2) is 0 Å². The third kappa shape index (κ3) is 4.05. The Morgan fingerprint density at radius 3 is 2.87 bits per heavy atom. The molecule has 1 fully saturated rings. The maximum atomic E-state index is 11.0. The molecule has 1 rings (SSSR count). The fraction of sp³-hybridized carbons (Fsp3) is 0.625. The fourth-order valence-electron chi connectivity index (χ4n) is 1.20. The number of imide groups is 1. The summed E-state index contributed by atoms with van der Waals surface area (Å²) in [5.74, 6) is -1.14. The van der Waals surface area contributed by atoms with Crippen LogP contribution in [0.3, 0.4) is 0 Å². The Hall–Kier alpha value is -1.47. The van der Waals surface area contributed by atoms with E-state index in [1.54, 1.807) is 0 Å². The van der Waals surface area contributed by atoms with E-state index in [0.29, 0.717) is 6.54 Å². The number of rotatable bonds is 6. The molecule has 0 bridgehead atoms. The summed E-state index contributed by atoms with van der Waals surface area (Å²) in [5.41, 5.74) is 4.84. The van der Waals surface area contributed by atoms with Crippen molar-refractivity contribution in [2.24, 2.45) is 5.73 Å². The number of nitrogens with two attached hydrogens (primary N) is 1. The Bertz CT molecular complexity index is 279. The van der Waals surface area contributed by atoms with Gasteiger partial charge in [0.2, 0.25) is 17.7 Å². The van der Waals surface area contributed by atoms with Gasteiger partial charge in [-0.05, 0) is 0 Å². The van der Waals surface area contributed by atoms with Gasteiger partial charge in [-0.1, -0.05) is 0 Å². The second-order valence-corrected chi connectivity index (χ2v) is 3.14. The summed E-state index contributed by atoms with van der Waals surface area (Å²) in [5, 5.41) is 5.00. The second-order valence-electron chi connectivity index (χ2n) is 3.14. The van der Waals surface area contributed by atoms with E-state index in [-0.39, 0.29) is 31.4 Å². The van der Waals surface area contributed by atoms with Crippen LogP contribution in [0.25, 0.3) is 0 Å². The first-order valence-corrected chi connectivity index (χ1v) is 4.52. The number of ether oxygens (including phenoxy) is 1. The third-order valence-electron chi connectivity index (χ3n) is 1.85. The smallest absolute Gasteiger partial charge is 0.244 e. The molecule has 0 aliphatic carbocycles. The number of nitrogens with one attached hydrogen (secondary N) is 2. The Labute approximate surface area is 86.3 Å². The Kier molecular flexibility index (Phi) is 4.19. The lowest BCUT2D eigenvalue weighted by atomic mass is 10.2. The molecule has 0 aromatic heterocycles. The van der Waals surface area contributed by atoms with Crippen LogP contribution in [-0.2, 0) is 19.1 Å². The molecule has 0 radical (unpaired) electrons. The van der Waals surface area contributed by atoms with Crippen LogP contribution >= 0.6 is 0 Å². The summed E-state index contributed by atoms with van der Waals surface area (Å²) in [6, 6.07) is -0.491. The average Bonchev–Trinajstić information content (AvgIpc) is 2.44. The number of primary amides is 1. The monoisotopic (exact) mass is 215 g/mol. The summed E-state index contributed by atoms with van der Waals surface area (Å²) in [7, 11) is 0. The lowest BCUT2D eigenvalue weighted by Crippen LogP contribution is -2.38. The zero-order valence-corrected chi connectivity index (χ0v) is 8.12. The van der Waals surface area contributed by atoms with Gasteiger partial charge in [-0.3, -0.25) is 19.7 Å². The first-order valence-electron chi connectivity index (χ1n) is 4.52. The van der Waals surface area contributed by atoms with Gasteiger partial charge in [0.15, 0.2) is 0 Å². The predicted molar refractivity (Wildman–Crippen MR) is 49.6 cm³/mol. The minimum atomic E-state index is -0.538. The van der Waals surface area contributed by atoms with Gasteiger partial charge in [0.05, 0.1) is 19.1 Å². The second kappa shape index (κ2) is 5.42. The molecule has 1 aliphatic rings. The van der Waals surface area contributed by atoms with Crippen LogP contribution in [0.2, 0.25) is 0 Å². The van der Waals surface area contributed by atoms with Crippen LogP contribution in [0.4, 0.5) is 0 Å². The first kappa shape index (κ1) is 11.6. The molecule has 0 aromatic carbocycles. The lowest BCUT2D eigenvalue weighted by Gasteiger charge is -2.08. The first-order chi connectivity index (χ1) is 7.09. The summed E-state index contributed by atoms with van der Waals surface area (Å²) >= 11 is 0. The molecular formula is C8H13N3O4. The molecule has 0 saturated carbocycles. The van der Waals surface area contributed by atoms with E-state index < -0.39 is 11.9 Å². The van der Waals surface area contributed by atoms with E-state index in [1.165, 1.54) is 0 Å². The predicted octanol–water partition coefficient (Wildman–Crippen LogP) is -2.51. The zero-order chi connectivity index (χ0) is 11.3. The Morgan fingerprint density at radius 2 is 2.33 bits per heavy atom. The van der Waals surface area contributed by atoms with Crippen molar-refractivity contribution in [2.75, 3.05) is 19.8 Å². The number of amides is 3. The number of carbonyl (C=O) groups excluding carboxylic acids is 3. The van der Waals surface area contributed by atoms with Crippen LogP contribution in [0.5, 0.6) is 0 Å². The molecule has 3 amide bonds. The summed E-state index contributed by atoms with van der Waals surface area (Å²) in [6.07, 6.45) is 0.147. The molecule has 1 unspecified atom stereocenters. The summed E-state index contributed by atoms with van der Waals surface area (Å²) < 4.78 is 4.86. The molecule has 4 N–H and O–H groups in total. The number of hydrogen-bond donors (Lipinski definition) is 3. The van der Waals surface area contributed by atoms with E-state index in [2.05, 4.69) is 10.6 Å². The molecule has 84 valence electrons. The molecule has 1 atom stereocenters. The van der Waals surface area contributed by atoms with Crippen molar-refractivity contribution in [3.63, 3.8) is 0 Å². The highest BCUT2D eigenvalue weighted by Crippen LogP contribution is 2.00. The van der Waals surface area contributed by atoms with Crippen molar-refractivity contribution in [3.05, 3.63) is 0 Å². The van der Waals surface area contributed by atoms with Crippen molar-refractivity contribution >= 4 is 17.7 Å². The van der Waals surface area contributed by atoms with Gasteiger partial charge in [0.25, 0.3) is 0 Å². The van der Waals surface area contributed by atoms with Crippen LogP contribution in [0.15, 0.2) is 0 Å². The van der Waals surface area contributed by atoms with Crippen molar-refractivity contribution in [2.45, 2.75) is 12.5 Å². The topological polar surface area (TPSA) is 111 Å². The van der Waals surface area contributed by atoms with Gasteiger partial charge in [-0.2, -0.15) is 0 Å². The molecule has 7 heteroatoms.